The van der Waals surface area contributed by atoms with Crippen molar-refractivity contribution < 1.29 is 9.13 Å². The minimum atomic E-state index is -0.223. The summed E-state index contributed by atoms with van der Waals surface area (Å²) < 4.78 is 18.3. The van der Waals surface area contributed by atoms with Crippen molar-refractivity contribution in [1.82, 2.24) is 10.3 Å². The highest BCUT2D eigenvalue weighted by Crippen LogP contribution is 2.41. The summed E-state index contributed by atoms with van der Waals surface area (Å²) in [5.41, 5.74) is 3.27. The van der Waals surface area contributed by atoms with Crippen molar-refractivity contribution in [3.8, 4) is 16.3 Å². The smallest absolute Gasteiger partial charge is 0.123 e. The van der Waals surface area contributed by atoms with Gasteiger partial charge in [-0.25, -0.2) is 9.37 Å². The molecule has 3 nitrogen and oxygen atoms in total. The van der Waals surface area contributed by atoms with Crippen LogP contribution in [-0.2, 0) is 6.54 Å². The Morgan fingerprint density at radius 2 is 1.88 bits per heavy atom. The van der Waals surface area contributed by atoms with Crippen LogP contribution in [0.1, 0.15) is 30.1 Å². The summed E-state index contributed by atoms with van der Waals surface area (Å²) in [6.45, 7) is 0.727. The Bertz CT molecular complexity index is 856. The van der Waals surface area contributed by atoms with Crippen molar-refractivity contribution in [3.63, 3.8) is 0 Å². The van der Waals surface area contributed by atoms with Crippen molar-refractivity contribution in [2.75, 3.05) is 7.11 Å². The van der Waals surface area contributed by atoms with E-state index in [2.05, 4.69) is 22.8 Å². The molecule has 0 saturated heterocycles. The van der Waals surface area contributed by atoms with Gasteiger partial charge >= 0.3 is 0 Å². The normalized spacial score (nSPS) is 15.0. The van der Waals surface area contributed by atoms with Gasteiger partial charge in [-0.15, -0.1) is 11.3 Å². The van der Waals surface area contributed by atoms with E-state index in [-0.39, 0.29) is 5.82 Å². The monoisotopic (exact) mass is 368 g/mol. The molecular formula is C21H21FN2OS. The van der Waals surface area contributed by atoms with Crippen molar-refractivity contribution >= 4 is 11.3 Å². The molecule has 26 heavy (non-hydrogen) atoms. The van der Waals surface area contributed by atoms with E-state index in [0.29, 0.717) is 12.0 Å². The minimum Gasteiger partial charge on any atom is -0.497 e. The highest BCUT2D eigenvalue weighted by Gasteiger charge is 2.32. The van der Waals surface area contributed by atoms with Crippen molar-refractivity contribution in [1.29, 1.82) is 0 Å². The summed E-state index contributed by atoms with van der Waals surface area (Å²) in [5.74, 6) is 1.35. The van der Waals surface area contributed by atoms with Gasteiger partial charge in [-0.2, -0.15) is 0 Å². The Labute approximate surface area is 156 Å². The van der Waals surface area contributed by atoms with Crippen LogP contribution in [0.25, 0.3) is 10.6 Å². The van der Waals surface area contributed by atoms with E-state index in [1.165, 1.54) is 30.5 Å². The summed E-state index contributed by atoms with van der Waals surface area (Å²) in [4.78, 5) is 4.70. The molecule has 5 heteroatoms. The molecule has 4 rings (SSSR count). The van der Waals surface area contributed by atoms with Crippen LogP contribution in [0.2, 0.25) is 0 Å². The topological polar surface area (TPSA) is 34.1 Å². The minimum absolute atomic E-state index is 0.223. The zero-order valence-electron chi connectivity index (χ0n) is 14.6. The third-order valence-electron chi connectivity index (χ3n) is 4.71. The first-order valence-corrected chi connectivity index (χ1v) is 9.68. The molecule has 134 valence electrons. The van der Waals surface area contributed by atoms with E-state index in [1.807, 2.05) is 12.1 Å². The number of ether oxygens (including phenoxy) is 1. The van der Waals surface area contributed by atoms with Gasteiger partial charge in [-0.3, -0.25) is 0 Å². The molecule has 0 bridgehead atoms. The van der Waals surface area contributed by atoms with E-state index >= 15 is 0 Å². The second-order valence-corrected chi connectivity index (χ2v) is 7.48. The van der Waals surface area contributed by atoms with E-state index in [9.17, 15) is 4.39 Å². The molecule has 1 aromatic heterocycles. The van der Waals surface area contributed by atoms with Crippen LogP contribution >= 0.6 is 11.3 Å². The summed E-state index contributed by atoms with van der Waals surface area (Å²) in [6.07, 6.45) is 2.53. The third kappa shape index (κ3) is 3.94. The van der Waals surface area contributed by atoms with E-state index < -0.39 is 0 Å². The number of hydrogen-bond acceptors (Lipinski definition) is 4. The lowest BCUT2D eigenvalue weighted by atomic mass is 10.0. The Morgan fingerprint density at radius 1 is 1.15 bits per heavy atom. The molecule has 1 unspecified atom stereocenters. The molecule has 1 N–H and O–H groups in total. The van der Waals surface area contributed by atoms with Crippen LogP contribution in [0.4, 0.5) is 4.39 Å². The van der Waals surface area contributed by atoms with Gasteiger partial charge in [-0.1, -0.05) is 12.1 Å². The standard InChI is InChI=1S/C21H21FN2OS/c1-25-19-10-6-15(7-11-19)20(14-2-3-14)23-12-18-13-26-21(24-18)16-4-8-17(22)9-5-16/h4-11,13-14,20,23H,2-3,12H2,1H3. The van der Waals surface area contributed by atoms with Crippen LogP contribution < -0.4 is 10.1 Å². The van der Waals surface area contributed by atoms with Crippen molar-refractivity contribution in [2.24, 2.45) is 5.92 Å². The zero-order chi connectivity index (χ0) is 17.9. The summed E-state index contributed by atoms with van der Waals surface area (Å²) in [5, 5.41) is 6.67. The predicted octanol–water partition coefficient (Wildman–Crippen LogP) is 5.20. The van der Waals surface area contributed by atoms with E-state index in [0.717, 1.165) is 28.6 Å². The fourth-order valence-electron chi connectivity index (χ4n) is 3.13. The fourth-order valence-corrected chi connectivity index (χ4v) is 3.95. The molecule has 1 heterocycles. The highest BCUT2D eigenvalue weighted by molar-refractivity contribution is 7.13. The van der Waals surface area contributed by atoms with Gasteiger partial charge in [0.15, 0.2) is 0 Å². The molecule has 0 aliphatic heterocycles. The number of nitrogens with zero attached hydrogens (tertiary/aromatic N) is 1. The largest absolute Gasteiger partial charge is 0.497 e. The van der Waals surface area contributed by atoms with Gasteiger partial charge in [0.1, 0.15) is 16.6 Å². The van der Waals surface area contributed by atoms with Gasteiger partial charge in [0.2, 0.25) is 0 Å². The maximum Gasteiger partial charge on any atom is 0.123 e. The average molecular weight is 368 g/mol. The lowest BCUT2D eigenvalue weighted by Crippen LogP contribution is -2.22. The lowest BCUT2D eigenvalue weighted by Gasteiger charge is -2.18. The Kier molecular flexibility index (Phi) is 5.00. The Morgan fingerprint density at radius 3 is 2.54 bits per heavy atom. The number of halogens is 1. The number of methoxy groups -OCH3 is 1. The fraction of sp³-hybridized carbons (Fsp3) is 0.286. The quantitative estimate of drug-likeness (QED) is 0.622. The number of thiazole rings is 1. The number of aromatic nitrogens is 1. The van der Waals surface area contributed by atoms with Crippen LogP contribution in [0.3, 0.4) is 0 Å². The van der Waals surface area contributed by atoms with Gasteiger partial charge in [0.25, 0.3) is 0 Å². The maximum atomic E-state index is 13.1. The second kappa shape index (κ2) is 7.56. The van der Waals surface area contributed by atoms with Crippen LogP contribution in [0.15, 0.2) is 53.9 Å². The van der Waals surface area contributed by atoms with Crippen LogP contribution in [0.5, 0.6) is 5.75 Å². The van der Waals surface area contributed by atoms with Gasteiger partial charge < -0.3 is 10.1 Å². The molecule has 1 fully saturated rings. The maximum absolute atomic E-state index is 13.1. The SMILES string of the molecule is COc1ccc(C(NCc2csc(-c3ccc(F)cc3)n2)C2CC2)cc1. The van der Waals surface area contributed by atoms with Gasteiger partial charge in [0, 0.05) is 23.5 Å². The van der Waals surface area contributed by atoms with Crippen molar-refractivity contribution in [2.45, 2.75) is 25.4 Å². The molecule has 0 spiro atoms. The molecule has 1 aliphatic carbocycles. The summed E-state index contributed by atoms with van der Waals surface area (Å²) in [7, 11) is 1.69. The first kappa shape index (κ1) is 17.2. The Hall–Kier alpha value is -2.24. The van der Waals surface area contributed by atoms with E-state index in [1.54, 1.807) is 30.6 Å². The van der Waals surface area contributed by atoms with Crippen molar-refractivity contribution in [3.05, 3.63) is 71.0 Å². The summed E-state index contributed by atoms with van der Waals surface area (Å²) in [6, 6.07) is 15.1. The predicted molar refractivity (Wildman–Crippen MR) is 103 cm³/mol. The molecule has 2 aromatic carbocycles. The van der Waals surface area contributed by atoms with Gasteiger partial charge in [-0.05, 0) is 60.7 Å². The number of hydrogen-bond donors (Lipinski definition) is 1. The number of nitrogens with one attached hydrogen (secondary N) is 1. The molecule has 0 radical (unpaired) electrons. The first-order chi connectivity index (χ1) is 12.7. The summed E-state index contributed by atoms with van der Waals surface area (Å²) >= 11 is 1.59. The molecule has 1 aliphatic rings. The number of benzene rings is 2. The zero-order valence-corrected chi connectivity index (χ0v) is 15.4. The molecule has 1 saturated carbocycles. The molecule has 1 atom stereocenters. The van der Waals surface area contributed by atoms with E-state index in [4.69, 9.17) is 9.72 Å². The average Bonchev–Trinajstić information content (AvgIpc) is 3.40. The second-order valence-electron chi connectivity index (χ2n) is 6.62. The van der Waals surface area contributed by atoms with Crippen LogP contribution in [-0.4, -0.2) is 12.1 Å². The lowest BCUT2D eigenvalue weighted by molar-refractivity contribution is 0.413. The molecular weight excluding hydrogens is 347 g/mol. The molecule has 3 aromatic rings. The van der Waals surface area contributed by atoms with Gasteiger partial charge in [0.05, 0.1) is 12.8 Å². The third-order valence-corrected chi connectivity index (χ3v) is 5.65. The Balaban J connectivity index is 1.44. The molecule has 0 amide bonds. The first-order valence-electron chi connectivity index (χ1n) is 8.80. The van der Waals surface area contributed by atoms with Crippen LogP contribution in [0, 0.1) is 11.7 Å². The number of rotatable bonds is 7. The highest BCUT2D eigenvalue weighted by atomic mass is 32.1.